The summed E-state index contributed by atoms with van der Waals surface area (Å²) in [7, 11) is 0. The predicted molar refractivity (Wildman–Crippen MR) is 92.6 cm³/mol. The highest BCUT2D eigenvalue weighted by Gasteiger charge is 2.44. The summed E-state index contributed by atoms with van der Waals surface area (Å²) in [4.78, 5) is 17.0. The van der Waals surface area contributed by atoms with Crippen molar-refractivity contribution in [3.8, 4) is 0 Å². The molecule has 1 aliphatic rings. The SMILES string of the molecule is OCC1OC(n2cnc3c(NCCc4nccs4)ncnc32)C(O)C1O. The summed E-state index contributed by atoms with van der Waals surface area (Å²) in [5.41, 5.74) is 0.996. The largest absolute Gasteiger partial charge is 0.394 e. The topological polar surface area (TPSA) is 138 Å². The number of hydrogen-bond acceptors (Lipinski definition) is 10. The van der Waals surface area contributed by atoms with Crippen molar-refractivity contribution in [1.82, 2.24) is 24.5 Å². The molecule has 4 heterocycles. The molecule has 0 bridgehead atoms. The van der Waals surface area contributed by atoms with Gasteiger partial charge in [-0.15, -0.1) is 11.3 Å². The van der Waals surface area contributed by atoms with Crippen LogP contribution in [0, 0.1) is 0 Å². The van der Waals surface area contributed by atoms with Crippen molar-refractivity contribution in [2.75, 3.05) is 18.5 Å². The number of ether oxygens (including phenoxy) is 1. The maximum atomic E-state index is 10.2. The minimum absolute atomic E-state index is 0.389. The highest BCUT2D eigenvalue weighted by atomic mass is 32.1. The highest BCUT2D eigenvalue weighted by Crippen LogP contribution is 2.32. The van der Waals surface area contributed by atoms with E-state index in [2.05, 4.69) is 25.3 Å². The van der Waals surface area contributed by atoms with E-state index in [0.29, 0.717) is 23.5 Å². The summed E-state index contributed by atoms with van der Waals surface area (Å²) in [6.07, 6.45) is 1.29. The van der Waals surface area contributed by atoms with Crippen molar-refractivity contribution >= 4 is 28.3 Å². The molecule has 0 saturated carbocycles. The molecule has 1 fully saturated rings. The van der Waals surface area contributed by atoms with E-state index in [4.69, 9.17) is 4.74 Å². The zero-order valence-corrected chi connectivity index (χ0v) is 14.5. The molecule has 0 amide bonds. The van der Waals surface area contributed by atoms with E-state index < -0.39 is 24.5 Å². The number of aliphatic hydroxyl groups is 3. The normalized spacial score (nSPS) is 25.8. The number of aromatic nitrogens is 5. The molecule has 3 aromatic heterocycles. The van der Waals surface area contributed by atoms with Gasteiger partial charge in [0, 0.05) is 24.5 Å². The summed E-state index contributed by atoms with van der Waals surface area (Å²) in [6, 6.07) is 0. The fourth-order valence-corrected chi connectivity index (χ4v) is 3.56. The quantitative estimate of drug-likeness (QED) is 0.449. The van der Waals surface area contributed by atoms with E-state index in [1.165, 1.54) is 17.2 Å². The van der Waals surface area contributed by atoms with E-state index in [0.717, 1.165) is 11.4 Å². The minimum atomic E-state index is -1.19. The van der Waals surface area contributed by atoms with E-state index in [9.17, 15) is 15.3 Å². The highest BCUT2D eigenvalue weighted by molar-refractivity contribution is 7.09. The van der Waals surface area contributed by atoms with Gasteiger partial charge in [-0.1, -0.05) is 0 Å². The number of imidazole rings is 1. The average molecular weight is 378 g/mol. The van der Waals surface area contributed by atoms with Gasteiger partial charge in [0.2, 0.25) is 0 Å². The third kappa shape index (κ3) is 3.04. The van der Waals surface area contributed by atoms with Crippen molar-refractivity contribution in [2.24, 2.45) is 0 Å². The van der Waals surface area contributed by atoms with Gasteiger partial charge in [0.25, 0.3) is 0 Å². The first-order valence-electron chi connectivity index (χ1n) is 8.11. The van der Waals surface area contributed by atoms with Crippen LogP contribution in [0.15, 0.2) is 24.2 Å². The molecule has 4 unspecified atom stereocenters. The molecule has 0 aromatic carbocycles. The lowest BCUT2D eigenvalue weighted by atomic mass is 10.1. The van der Waals surface area contributed by atoms with Gasteiger partial charge >= 0.3 is 0 Å². The molecule has 1 aliphatic heterocycles. The van der Waals surface area contributed by atoms with Crippen LogP contribution in [0.2, 0.25) is 0 Å². The van der Waals surface area contributed by atoms with Crippen LogP contribution in [-0.2, 0) is 11.2 Å². The number of rotatable bonds is 6. The summed E-state index contributed by atoms with van der Waals surface area (Å²) >= 11 is 1.59. The van der Waals surface area contributed by atoms with Gasteiger partial charge in [-0.3, -0.25) is 4.57 Å². The maximum Gasteiger partial charge on any atom is 0.167 e. The molecular formula is C15H18N6O4S. The summed E-state index contributed by atoms with van der Waals surface area (Å²) < 4.78 is 7.08. The van der Waals surface area contributed by atoms with Gasteiger partial charge in [0.1, 0.15) is 24.6 Å². The molecule has 4 atom stereocenters. The Labute approximate surface area is 152 Å². The standard InChI is InChI=1S/C15H18N6O4S/c22-5-8-11(23)12(24)15(25-8)21-7-20-10-13(18-6-19-14(10)21)17-2-1-9-16-3-4-26-9/h3-4,6-8,11-12,15,22-24H,1-2,5H2,(H,17,18,19). The fourth-order valence-electron chi connectivity index (χ4n) is 2.94. The van der Waals surface area contributed by atoms with Gasteiger partial charge in [-0.05, 0) is 0 Å². The third-order valence-corrected chi connectivity index (χ3v) is 5.10. The van der Waals surface area contributed by atoms with Crippen molar-refractivity contribution in [2.45, 2.75) is 31.0 Å². The Morgan fingerprint density at radius 3 is 2.81 bits per heavy atom. The van der Waals surface area contributed by atoms with Gasteiger partial charge in [-0.2, -0.15) is 0 Å². The zero-order valence-electron chi connectivity index (χ0n) is 13.6. The predicted octanol–water partition coefficient (Wildman–Crippen LogP) is -0.451. The molecule has 0 radical (unpaired) electrons. The Bertz CT molecular complexity index is 872. The Balaban J connectivity index is 1.55. The smallest absolute Gasteiger partial charge is 0.167 e. The molecule has 0 spiro atoms. The summed E-state index contributed by atoms with van der Waals surface area (Å²) in [5, 5.41) is 35.6. The van der Waals surface area contributed by atoms with Crippen LogP contribution < -0.4 is 5.32 Å². The van der Waals surface area contributed by atoms with E-state index in [-0.39, 0.29) is 6.61 Å². The van der Waals surface area contributed by atoms with Crippen molar-refractivity contribution < 1.29 is 20.1 Å². The van der Waals surface area contributed by atoms with Gasteiger partial charge < -0.3 is 25.4 Å². The Morgan fingerprint density at radius 2 is 2.08 bits per heavy atom. The summed E-state index contributed by atoms with van der Waals surface area (Å²) in [5.74, 6) is 0.567. The first-order valence-corrected chi connectivity index (χ1v) is 8.99. The van der Waals surface area contributed by atoms with E-state index in [1.807, 2.05) is 5.38 Å². The van der Waals surface area contributed by atoms with E-state index in [1.54, 1.807) is 17.5 Å². The van der Waals surface area contributed by atoms with E-state index >= 15 is 0 Å². The van der Waals surface area contributed by atoms with Crippen LogP contribution in [0.1, 0.15) is 11.2 Å². The number of nitrogens with zero attached hydrogens (tertiary/aromatic N) is 5. The second-order valence-corrected chi connectivity index (χ2v) is 6.86. The summed E-state index contributed by atoms with van der Waals surface area (Å²) in [6.45, 7) is 0.250. The molecule has 0 aliphatic carbocycles. The maximum absolute atomic E-state index is 10.2. The molecule has 3 aromatic rings. The van der Waals surface area contributed by atoms with Crippen LogP contribution in [0.4, 0.5) is 5.82 Å². The lowest BCUT2D eigenvalue weighted by Gasteiger charge is -2.16. The molecule has 11 heteroatoms. The van der Waals surface area contributed by atoms with Crippen molar-refractivity contribution in [3.63, 3.8) is 0 Å². The van der Waals surface area contributed by atoms with Crippen LogP contribution >= 0.6 is 11.3 Å². The molecule has 10 nitrogen and oxygen atoms in total. The number of anilines is 1. The van der Waals surface area contributed by atoms with Gasteiger partial charge in [0.05, 0.1) is 17.9 Å². The fraction of sp³-hybridized carbons (Fsp3) is 0.467. The molecule has 4 rings (SSSR count). The lowest BCUT2D eigenvalue weighted by molar-refractivity contribution is -0.0511. The van der Waals surface area contributed by atoms with Crippen LogP contribution in [0.5, 0.6) is 0 Å². The zero-order chi connectivity index (χ0) is 18.1. The first kappa shape index (κ1) is 17.2. The van der Waals surface area contributed by atoms with Gasteiger partial charge in [-0.25, -0.2) is 19.9 Å². The second-order valence-electron chi connectivity index (χ2n) is 5.88. The molecule has 138 valence electrons. The Hall–Kier alpha value is -2.18. The molecular weight excluding hydrogens is 360 g/mol. The van der Waals surface area contributed by atoms with Crippen molar-refractivity contribution in [3.05, 3.63) is 29.2 Å². The molecule has 26 heavy (non-hydrogen) atoms. The third-order valence-electron chi connectivity index (χ3n) is 4.26. The lowest BCUT2D eigenvalue weighted by Crippen LogP contribution is -2.33. The van der Waals surface area contributed by atoms with Crippen LogP contribution in [0.25, 0.3) is 11.2 Å². The van der Waals surface area contributed by atoms with Crippen LogP contribution in [-0.4, -0.2) is 71.3 Å². The number of aliphatic hydroxyl groups excluding tert-OH is 3. The van der Waals surface area contributed by atoms with Crippen molar-refractivity contribution in [1.29, 1.82) is 0 Å². The first-order chi connectivity index (χ1) is 12.7. The second kappa shape index (κ2) is 7.21. The minimum Gasteiger partial charge on any atom is -0.394 e. The number of nitrogens with one attached hydrogen (secondary N) is 1. The van der Waals surface area contributed by atoms with Crippen LogP contribution in [0.3, 0.4) is 0 Å². The average Bonchev–Trinajstić information content (AvgIpc) is 3.37. The van der Waals surface area contributed by atoms with Gasteiger partial charge in [0.15, 0.2) is 23.2 Å². The molecule has 4 N–H and O–H groups in total. The number of hydrogen-bond donors (Lipinski definition) is 4. The monoisotopic (exact) mass is 378 g/mol. The number of thiazole rings is 1. The Kier molecular flexibility index (Phi) is 4.78. The number of fused-ring (bicyclic) bond motifs is 1. The Morgan fingerprint density at radius 1 is 1.19 bits per heavy atom. The molecule has 1 saturated heterocycles.